The van der Waals surface area contributed by atoms with Gasteiger partial charge >= 0.3 is 0 Å². The zero-order valence-electron chi connectivity index (χ0n) is 6.10. The second-order valence-corrected chi connectivity index (χ2v) is 2.16. The summed E-state index contributed by atoms with van der Waals surface area (Å²) in [5.74, 6) is 0. The molecule has 0 aromatic heterocycles. The van der Waals surface area contributed by atoms with Crippen LogP contribution in [0.2, 0.25) is 0 Å². The summed E-state index contributed by atoms with van der Waals surface area (Å²) in [6.07, 6.45) is 4.94. The monoisotopic (exact) mass is 166 g/mol. The molecule has 0 aromatic rings. The minimum absolute atomic E-state index is 0.392. The molecule has 62 valence electrons. The molecular formula is C6H6N4O2. The molecule has 6 heteroatoms. The summed E-state index contributed by atoms with van der Waals surface area (Å²) in [4.78, 5) is 12.9. The maximum absolute atomic E-state index is 9.96. The lowest BCUT2D eigenvalue weighted by atomic mass is 10.1. The van der Waals surface area contributed by atoms with Crippen LogP contribution in [0.3, 0.4) is 0 Å². The van der Waals surface area contributed by atoms with Crippen LogP contribution in [-0.2, 0) is 0 Å². The van der Waals surface area contributed by atoms with Crippen LogP contribution >= 0.6 is 0 Å². The smallest absolute Gasteiger partial charge is 0.295 e. The molecule has 1 aliphatic carbocycles. The molecule has 6 nitrogen and oxygen atoms in total. The highest BCUT2D eigenvalue weighted by Crippen LogP contribution is 2.03. The molecule has 0 atom stereocenters. The Morgan fingerprint density at radius 2 is 2.42 bits per heavy atom. The van der Waals surface area contributed by atoms with Crippen molar-refractivity contribution in [1.29, 1.82) is 0 Å². The van der Waals surface area contributed by atoms with Crippen LogP contribution in [-0.4, -0.2) is 15.5 Å². The Hall–Kier alpha value is -1.94. The number of hydrazine groups is 1. The Balaban J connectivity index is 2.64. The predicted octanol–water partition coefficient (Wildman–Crippen LogP) is 0.282. The highest BCUT2D eigenvalue weighted by Gasteiger charge is 2.09. The molecule has 0 saturated heterocycles. The SMILES string of the molecule is [N-]=[N+]=C1C=CC(N[N+](=O)[O-])=CC1. The largest absolute Gasteiger partial charge is 0.361 e. The van der Waals surface area contributed by atoms with E-state index in [1.165, 1.54) is 12.2 Å². The Kier molecular flexibility index (Phi) is 2.35. The Bertz CT molecular complexity index is 312. The van der Waals surface area contributed by atoms with E-state index in [9.17, 15) is 10.1 Å². The lowest BCUT2D eigenvalue weighted by Crippen LogP contribution is -2.21. The third-order valence-electron chi connectivity index (χ3n) is 1.34. The number of nitro groups is 1. The molecule has 0 fully saturated rings. The number of nitrogens with one attached hydrogen (secondary N) is 1. The van der Waals surface area contributed by atoms with Crippen molar-refractivity contribution in [2.24, 2.45) is 0 Å². The average Bonchev–Trinajstić information content (AvgIpc) is 2.05. The van der Waals surface area contributed by atoms with Gasteiger partial charge in [-0.2, -0.15) is 4.79 Å². The number of nitrogens with zero attached hydrogens (tertiary/aromatic N) is 3. The summed E-state index contributed by atoms with van der Waals surface area (Å²) in [6, 6.07) is 0. The Morgan fingerprint density at radius 1 is 1.67 bits per heavy atom. The van der Waals surface area contributed by atoms with E-state index < -0.39 is 5.03 Å². The molecule has 12 heavy (non-hydrogen) atoms. The number of allylic oxidation sites excluding steroid dienone is 3. The van der Waals surface area contributed by atoms with E-state index >= 15 is 0 Å². The third kappa shape index (κ3) is 2.03. The van der Waals surface area contributed by atoms with E-state index in [1.54, 1.807) is 6.08 Å². The van der Waals surface area contributed by atoms with Gasteiger partial charge in [-0.1, -0.05) is 0 Å². The normalized spacial score (nSPS) is 15.0. The summed E-state index contributed by atoms with van der Waals surface area (Å²) in [5.41, 5.74) is 11.2. The van der Waals surface area contributed by atoms with Crippen LogP contribution in [0.15, 0.2) is 23.9 Å². The molecule has 0 heterocycles. The van der Waals surface area contributed by atoms with Gasteiger partial charge < -0.3 is 5.53 Å². The highest BCUT2D eigenvalue weighted by molar-refractivity contribution is 5.92. The average molecular weight is 166 g/mol. The Morgan fingerprint density at radius 3 is 2.83 bits per heavy atom. The van der Waals surface area contributed by atoms with Crippen molar-refractivity contribution in [3.63, 3.8) is 0 Å². The summed E-state index contributed by atoms with van der Waals surface area (Å²) < 4.78 is 0. The van der Waals surface area contributed by atoms with E-state index in [2.05, 4.69) is 4.79 Å². The van der Waals surface area contributed by atoms with Gasteiger partial charge in [-0.3, -0.25) is 0 Å². The van der Waals surface area contributed by atoms with Gasteiger partial charge in [-0.05, 0) is 12.2 Å². The quantitative estimate of drug-likeness (QED) is 0.276. The molecule has 0 radical (unpaired) electrons. The summed E-state index contributed by atoms with van der Waals surface area (Å²) in [6.45, 7) is 0. The van der Waals surface area contributed by atoms with Gasteiger partial charge in [-0.25, -0.2) is 10.1 Å². The summed E-state index contributed by atoms with van der Waals surface area (Å²) in [7, 11) is 0. The molecule has 0 saturated carbocycles. The van der Waals surface area contributed by atoms with Crippen LogP contribution in [0.25, 0.3) is 5.53 Å². The van der Waals surface area contributed by atoms with Crippen molar-refractivity contribution in [2.75, 3.05) is 0 Å². The maximum atomic E-state index is 9.96. The predicted molar refractivity (Wildman–Crippen MR) is 40.6 cm³/mol. The first-order valence-electron chi connectivity index (χ1n) is 3.22. The van der Waals surface area contributed by atoms with Crippen molar-refractivity contribution in [3.8, 4) is 0 Å². The first-order chi connectivity index (χ1) is 5.72. The number of hydrogen-bond acceptors (Lipinski definition) is 2. The van der Waals surface area contributed by atoms with Gasteiger partial charge in [0.05, 0.1) is 12.1 Å². The first-order valence-corrected chi connectivity index (χ1v) is 3.22. The fourth-order valence-electron chi connectivity index (χ4n) is 0.799. The van der Waals surface area contributed by atoms with Gasteiger partial charge in [0, 0.05) is 6.08 Å². The van der Waals surface area contributed by atoms with Crippen molar-refractivity contribution in [2.45, 2.75) is 6.42 Å². The standard InChI is InChI=1S/C6H6N4O2/c7-8-5-1-3-6(4-2-5)9-10(11)12/h1,3-4,9H,2H2. The van der Waals surface area contributed by atoms with Crippen molar-refractivity contribution < 1.29 is 9.82 Å². The van der Waals surface area contributed by atoms with Gasteiger partial charge in [0.25, 0.3) is 5.71 Å². The lowest BCUT2D eigenvalue weighted by molar-refractivity contribution is -0.534. The number of rotatable bonds is 2. The van der Waals surface area contributed by atoms with Crippen LogP contribution in [0, 0.1) is 10.1 Å². The molecule has 0 spiro atoms. The second-order valence-electron chi connectivity index (χ2n) is 2.16. The molecule has 0 bridgehead atoms. The van der Waals surface area contributed by atoms with Crippen LogP contribution in [0.1, 0.15) is 6.42 Å². The minimum Gasteiger partial charge on any atom is -0.361 e. The molecule has 1 aliphatic rings. The highest BCUT2D eigenvalue weighted by atomic mass is 16.7. The second kappa shape index (κ2) is 3.45. The zero-order valence-corrected chi connectivity index (χ0v) is 6.10. The van der Waals surface area contributed by atoms with E-state index in [0.29, 0.717) is 17.8 Å². The first kappa shape index (κ1) is 8.16. The molecule has 0 amide bonds. The van der Waals surface area contributed by atoms with Crippen molar-refractivity contribution in [3.05, 3.63) is 39.6 Å². The van der Waals surface area contributed by atoms with Gasteiger partial charge in [0.15, 0.2) is 5.03 Å². The van der Waals surface area contributed by atoms with Gasteiger partial charge in [0.1, 0.15) is 0 Å². The summed E-state index contributed by atoms with van der Waals surface area (Å²) >= 11 is 0. The van der Waals surface area contributed by atoms with E-state index in [4.69, 9.17) is 5.53 Å². The fourth-order valence-corrected chi connectivity index (χ4v) is 0.799. The van der Waals surface area contributed by atoms with Crippen LogP contribution < -0.4 is 5.43 Å². The van der Waals surface area contributed by atoms with E-state index in [-0.39, 0.29) is 0 Å². The lowest BCUT2D eigenvalue weighted by Gasteiger charge is -1.99. The topological polar surface area (TPSA) is 91.6 Å². The van der Waals surface area contributed by atoms with Gasteiger partial charge in [0.2, 0.25) is 0 Å². The minimum atomic E-state index is -0.642. The number of hydrogen-bond donors (Lipinski definition) is 1. The van der Waals surface area contributed by atoms with Crippen molar-refractivity contribution in [1.82, 2.24) is 5.43 Å². The molecule has 0 unspecified atom stereocenters. The molecule has 0 aliphatic heterocycles. The maximum Gasteiger partial charge on any atom is 0.295 e. The molecule has 1 rings (SSSR count). The van der Waals surface area contributed by atoms with Crippen molar-refractivity contribution >= 4 is 5.71 Å². The van der Waals surface area contributed by atoms with E-state index in [0.717, 1.165) is 0 Å². The Labute approximate surface area is 67.9 Å². The third-order valence-corrected chi connectivity index (χ3v) is 1.34. The van der Waals surface area contributed by atoms with Crippen LogP contribution in [0.4, 0.5) is 0 Å². The molecule has 0 aromatic carbocycles. The summed E-state index contributed by atoms with van der Waals surface area (Å²) in [5, 5.41) is 9.32. The molecule has 1 N–H and O–H groups in total. The van der Waals surface area contributed by atoms with Gasteiger partial charge in [-0.15, -0.1) is 5.43 Å². The molecular weight excluding hydrogens is 160 g/mol. The van der Waals surface area contributed by atoms with E-state index in [1.807, 2.05) is 5.43 Å². The van der Waals surface area contributed by atoms with Crippen LogP contribution in [0.5, 0.6) is 0 Å². The zero-order chi connectivity index (χ0) is 8.97. The fraction of sp³-hybridized carbons (Fsp3) is 0.167.